The molecule has 2 fully saturated rings. The van der Waals surface area contributed by atoms with Crippen LogP contribution < -0.4 is 4.74 Å². The predicted molar refractivity (Wildman–Crippen MR) is 100 cm³/mol. The zero-order chi connectivity index (χ0) is 17.2. The largest absolute Gasteiger partial charge is 0.497 e. The van der Waals surface area contributed by atoms with Gasteiger partial charge in [-0.15, -0.1) is 0 Å². The molecular formula is C21H28N2O2. The van der Waals surface area contributed by atoms with Gasteiger partial charge in [0.15, 0.2) is 0 Å². The minimum atomic E-state index is 0.437. The van der Waals surface area contributed by atoms with Crippen LogP contribution in [0.2, 0.25) is 0 Å². The number of hydrogen-bond donors (Lipinski definition) is 0. The second-order valence-electron chi connectivity index (χ2n) is 7.41. The van der Waals surface area contributed by atoms with Gasteiger partial charge in [0.2, 0.25) is 0 Å². The molecule has 4 heteroatoms. The van der Waals surface area contributed by atoms with Crippen molar-refractivity contribution >= 4 is 5.71 Å². The zero-order valence-corrected chi connectivity index (χ0v) is 15.2. The molecule has 2 bridgehead atoms. The van der Waals surface area contributed by atoms with Crippen molar-refractivity contribution in [3.8, 4) is 5.75 Å². The normalized spacial score (nSPS) is 32.6. The molecule has 1 heterocycles. The average molecular weight is 340 g/mol. The van der Waals surface area contributed by atoms with Crippen LogP contribution >= 0.6 is 0 Å². The molecule has 4 nitrogen and oxygen atoms in total. The third kappa shape index (κ3) is 3.20. The van der Waals surface area contributed by atoms with E-state index in [1.54, 1.807) is 14.2 Å². The van der Waals surface area contributed by atoms with E-state index in [-0.39, 0.29) is 0 Å². The predicted octanol–water partition coefficient (Wildman–Crippen LogP) is 3.84. The van der Waals surface area contributed by atoms with E-state index in [0.717, 1.165) is 18.9 Å². The Balaban J connectivity index is 1.58. The molecule has 4 rings (SSSR count). The van der Waals surface area contributed by atoms with Crippen molar-refractivity contribution in [1.29, 1.82) is 0 Å². The monoisotopic (exact) mass is 340 g/mol. The van der Waals surface area contributed by atoms with E-state index < -0.39 is 0 Å². The first kappa shape index (κ1) is 16.6. The number of nitrogens with zero attached hydrogens (tertiary/aromatic N) is 2. The maximum atomic E-state index is 5.39. The molecule has 1 saturated carbocycles. The summed E-state index contributed by atoms with van der Waals surface area (Å²) in [6, 6.07) is 8.98. The van der Waals surface area contributed by atoms with E-state index >= 15 is 0 Å². The average Bonchev–Trinajstić information content (AvgIpc) is 3.18. The van der Waals surface area contributed by atoms with Crippen LogP contribution in [0.3, 0.4) is 0 Å². The Morgan fingerprint density at radius 1 is 1.08 bits per heavy atom. The Kier molecular flexibility index (Phi) is 4.80. The molecule has 1 aliphatic heterocycles. The summed E-state index contributed by atoms with van der Waals surface area (Å²) in [6.45, 7) is 1.84. The van der Waals surface area contributed by atoms with Gasteiger partial charge in [0, 0.05) is 37.1 Å². The standard InChI is InChI=1S/C21H28N2O2/c1-24-14-17-4-3-13-23(17)22-21-16-7-11-19(20(21)12-8-16)15-5-9-18(25-2)10-6-15/h5-7,9-11,16-17,19-20H,3-4,8,12-14H2,1-2H3/b22-21+/t16-,17-,19+,20-/m0/s1. The van der Waals surface area contributed by atoms with Crippen LogP contribution in [0.5, 0.6) is 5.75 Å². The lowest BCUT2D eigenvalue weighted by atomic mass is 9.79. The topological polar surface area (TPSA) is 34.1 Å². The molecule has 3 aliphatic rings. The summed E-state index contributed by atoms with van der Waals surface area (Å²) >= 11 is 0. The Morgan fingerprint density at radius 3 is 2.68 bits per heavy atom. The number of fused-ring (bicyclic) bond motifs is 2. The Morgan fingerprint density at radius 2 is 1.92 bits per heavy atom. The quantitative estimate of drug-likeness (QED) is 0.764. The molecule has 4 atom stereocenters. The third-order valence-corrected chi connectivity index (χ3v) is 5.98. The van der Waals surface area contributed by atoms with Crippen molar-refractivity contribution in [2.24, 2.45) is 16.9 Å². The molecule has 1 saturated heterocycles. The van der Waals surface area contributed by atoms with E-state index in [2.05, 4.69) is 41.4 Å². The first-order valence-electron chi connectivity index (χ1n) is 9.46. The van der Waals surface area contributed by atoms with Gasteiger partial charge in [-0.2, -0.15) is 5.10 Å². The summed E-state index contributed by atoms with van der Waals surface area (Å²) in [5.41, 5.74) is 2.76. The molecule has 0 radical (unpaired) electrons. The van der Waals surface area contributed by atoms with Crippen LogP contribution in [0.25, 0.3) is 0 Å². The minimum absolute atomic E-state index is 0.437. The number of benzene rings is 1. The summed E-state index contributed by atoms with van der Waals surface area (Å²) < 4.78 is 10.7. The molecule has 2 aliphatic carbocycles. The fraction of sp³-hybridized carbons (Fsp3) is 0.571. The molecular weight excluding hydrogens is 312 g/mol. The Hall–Kier alpha value is -1.81. The third-order valence-electron chi connectivity index (χ3n) is 5.98. The van der Waals surface area contributed by atoms with Gasteiger partial charge in [0.1, 0.15) is 5.75 Å². The van der Waals surface area contributed by atoms with Crippen molar-refractivity contribution in [3.63, 3.8) is 0 Å². The maximum absolute atomic E-state index is 5.39. The maximum Gasteiger partial charge on any atom is 0.118 e. The molecule has 25 heavy (non-hydrogen) atoms. The van der Waals surface area contributed by atoms with Gasteiger partial charge in [0.05, 0.1) is 19.8 Å². The van der Waals surface area contributed by atoms with Crippen molar-refractivity contribution in [1.82, 2.24) is 5.01 Å². The summed E-state index contributed by atoms with van der Waals surface area (Å²) in [4.78, 5) is 0. The molecule has 0 amide bonds. The lowest BCUT2D eigenvalue weighted by molar-refractivity contribution is 0.117. The van der Waals surface area contributed by atoms with Gasteiger partial charge in [-0.25, -0.2) is 0 Å². The highest BCUT2D eigenvalue weighted by Crippen LogP contribution is 2.44. The summed E-state index contributed by atoms with van der Waals surface area (Å²) in [7, 11) is 3.50. The van der Waals surface area contributed by atoms with Crippen LogP contribution in [0, 0.1) is 11.8 Å². The molecule has 1 aromatic rings. The number of allylic oxidation sites excluding steroid dienone is 2. The summed E-state index contributed by atoms with van der Waals surface area (Å²) in [6.07, 6.45) is 9.67. The molecule has 0 aromatic heterocycles. The lowest BCUT2D eigenvalue weighted by Gasteiger charge is -2.29. The van der Waals surface area contributed by atoms with Gasteiger partial charge in [-0.05, 0) is 43.4 Å². The van der Waals surface area contributed by atoms with E-state index in [1.165, 1.54) is 37.0 Å². The summed E-state index contributed by atoms with van der Waals surface area (Å²) in [5, 5.41) is 7.46. The van der Waals surface area contributed by atoms with E-state index in [9.17, 15) is 0 Å². The molecule has 1 aromatic carbocycles. The van der Waals surface area contributed by atoms with Crippen LogP contribution in [-0.4, -0.2) is 44.1 Å². The van der Waals surface area contributed by atoms with Crippen LogP contribution in [0.15, 0.2) is 41.5 Å². The number of ether oxygens (including phenoxy) is 2. The van der Waals surface area contributed by atoms with Crippen LogP contribution in [0.4, 0.5) is 0 Å². The highest BCUT2D eigenvalue weighted by Gasteiger charge is 2.40. The zero-order valence-electron chi connectivity index (χ0n) is 15.2. The van der Waals surface area contributed by atoms with Gasteiger partial charge in [0.25, 0.3) is 0 Å². The van der Waals surface area contributed by atoms with E-state index in [4.69, 9.17) is 14.6 Å². The second kappa shape index (κ2) is 7.20. The van der Waals surface area contributed by atoms with Crippen molar-refractivity contribution < 1.29 is 9.47 Å². The first-order chi connectivity index (χ1) is 12.3. The Bertz CT molecular complexity index is 652. The van der Waals surface area contributed by atoms with Crippen molar-refractivity contribution in [2.45, 2.75) is 37.6 Å². The van der Waals surface area contributed by atoms with Gasteiger partial charge >= 0.3 is 0 Å². The second-order valence-corrected chi connectivity index (χ2v) is 7.41. The van der Waals surface area contributed by atoms with Crippen molar-refractivity contribution in [3.05, 3.63) is 42.0 Å². The minimum Gasteiger partial charge on any atom is -0.497 e. The van der Waals surface area contributed by atoms with E-state index in [0.29, 0.717) is 23.8 Å². The van der Waals surface area contributed by atoms with Crippen molar-refractivity contribution in [2.75, 3.05) is 27.4 Å². The molecule has 0 spiro atoms. The molecule has 0 unspecified atom stereocenters. The SMILES string of the molecule is COC[C@@H]1CCCN1/N=C1/[C@H]2CC[C@@H]1C=C[C@@H]2c1ccc(OC)cc1. The molecule has 0 N–H and O–H groups in total. The molecule has 134 valence electrons. The van der Waals surface area contributed by atoms with Gasteiger partial charge in [-0.3, -0.25) is 5.01 Å². The number of rotatable bonds is 5. The highest BCUT2D eigenvalue weighted by molar-refractivity contribution is 5.94. The number of methoxy groups -OCH3 is 2. The van der Waals surface area contributed by atoms with E-state index in [1.807, 2.05) is 0 Å². The van der Waals surface area contributed by atoms with Gasteiger partial charge in [-0.1, -0.05) is 24.3 Å². The fourth-order valence-corrected chi connectivity index (χ4v) is 4.66. The van der Waals surface area contributed by atoms with Crippen LogP contribution in [-0.2, 0) is 4.74 Å². The lowest BCUT2D eigenvalue weighted by Crippen LogP contribution is -2.32. The highest BCUT2D eigenvalue weighted by atomic mass is 16.5. The Labute approximate surface area is 150 Å². The smallest absolute Gasteiger partial charge is 0.118 e. The summed E-state index contributed by atoms with van der Waals surface area (Å²) in [5.74, 6) is 2.42. The first-order valence-corrected chi connectivity index (χ1v) is 9.46. The number of hydrogen-bond acceptors (Lipinski definition) is 4. The van der Waals surface area contributed by atoms with Gasteiger partial charge < -0.3 is 9.47 Å². The van der Waals surface area contributed by atoms with Crippen LogP contribution in [0.1, 0.15) is 37.2 Å². The number of hydrazone groups is 1. The fourth-order valence-electron chi connectivity index (χ4n) is 4.66.